The van der Waals surface area contributed by atoms with Crippen molar-refractivity contribution in [3.8, 4) is 0 Å². The van der Waals surface area contributed by atoms with Crippen LogP contribution < -0.4 is 5.32 Å². The van der Waals surface area contributed by atoms with Crippen LogP contribution in [0.4, 0.5) is 0 Å². The molecule has 3 rings (SSSR count). The molecule has 0 amide bonds. The van der Waals surface area contributed by atoms with Gasteiger partial charge in [0, 0.05) is 15.2 Å². The van der Waals surface area contributed by atoms with E-state index in [9.17, 15) is 0 Å². The van der Waals surface area contributed by atoms with Gasteiger partial charge in [0.2, 0.25) is 0 Å². The van der Waals surface area contributed by atoms with Gasteiger partial charge in [0.05, 0.1) is 0 Å². The predicted octanol–water partition coefficient (Wildman–Crippen LogP) is 5.48. The van der Waals surface area contributed by atoms with Crippen LogP contribution in [0, 0.1) is 6.92 Å². The zero-order valence-electron chi connectivity index (χ0n) is 12.2. The van der Waals surface area contributed by atoms with E-state index in [0.29, 0.717) is 6.04 Å². The normalized spacial score (nSPS) is 12.7. The Kier molecular flexibility index (Phi) is 4.43. The number of aryl methyl sites for hydroxylation is 1. The summed E-state index contributed by atoms with van der Waals surface area (Å²) in [5.41, 5.74) is 4.12. The van der Waals surface area contributed by atoms with Crippen LogP contribution in [0.1, 0.15) is 22.7 Å². The highest BCUT2D eigenvalue weighted by Crippen LogP contribution is 2.31. The summed E-state index contributed by atoms with van der Waals surface area (Å²) in [5, 5.41) is 7.15. The zero-order chi connectivity index (χ0) is 14.8. The molecule has 1 aromatic heterocycles. The van der Waals surface area contributed by atoms with Gasteiger partial charge >= 0.3 is 0 Å². The first-order valence-electron chi connectivity index (χ1n) is 7.07. The number of thiophene rings is 1. The third-order valence-electron chi connectivity index (χ3n) is 3.95. The van der Waals surface area contributed by atoms with Crippen LogP contribution in [0.15, 0.2) is 52.3 Å². The van der Waals surface area contributed by atoms with Gasteiger partial charge in [0.15, 0.2) is 0 Å². The smallest absolute Gasteiger partial charge is 0.0361 e. The average Bonchev–Trinajstić information content (AvgIpc) is 2.91. The lowest BCUT2D eigenvalue weighted by atomic mass is 9.95. The highest BCUT2D eigenvalue weighted by molar-refractivity contribution is 9.10. The van der Waals surface area contributed by atoms with Crippen LogP contribution in [0.25, 0.3) is 10.1 Å². The van der Waals surface area contributed by atoms with Crippen LogP contribution in [0.5, 0.6) is 0 Å². The summed E-state index contributed by atoms with van der Waals surface area (Å²) >= 11 is 5.42. The van der Waals surface area contributed by atoms with Gasteiger partial charge in [0.1, 0.15) is 0 Å². The van der Waals surface area contributed by atoms with E-state index in [0.717, 1.165) is 10.9 Å². The van der Waals surface area contributed by atoms with E-state index >= 15 is 0 Å². The van der Waals surface area contributed by atoms with Crippen molar-refractivity contribution in [1.29, 1.82) is 0 Å². The molecule has 21 heavy (non-hydrogen) atoms. The van der Waals surface area contributed by atoms with E-state index in [1.54, 1.807) is 0 Å². The summed E-state index contributed by atoms with van der Waals surface area (Å²) in [7, 11) is 2.04. The number of fused-ring (bicyclic) bond motifs is 1. The van der Waals surface area contributed by atoms with Gasteiger partial charge in [-0.1, -0.05) is 40.2 Å². The van der Waals surface area contributed by atoms with Gasteiger partial charge in [-0.15, -0.1) is 11.3 Å². The Balaban J connectivity index is 1.96. The monoisotopic (exact) mass is 359 g/mol. The molecule has 1 nitrogen and oxygen atoms in total. The molecular weight excluding hydrogens is 342 g/mol. The van der Waals surface area contributed by atoms with Crippen LogP contribution >= 0.6 is 27.3 Å². The maximum Gasteiger partial charge on any atom is 0.0361 e. The number of rotatable bonds is 4. The van der Waals surface area contributed by atoms with Crippen molar-refractivity contribution in [2.45, 2.75) is 19.4 Å². The van der Waals surface area contributed by atoms with Gasteiger partial charge in [0.25, 0.3) is 0 Å². The Morgan fingerprint density at radius 1 is 1.19 bits per heavy atom. The topological polar surface area (TPSA) is 12.0 Å². The molecule has 3 heteroatoms. The van der Waals surface area contributed by atoms with E-state index in [1.807, 2.05) is 18.4 Å². The first-order valence-corrected chi connectivity index (χ1v) is 8.74. The molecule has 0 saturated carbocycles. The third kappa shape index (κ3) is 3.05. The minimum absolute atomic E-state index is 0.334. The summed E-state index contributed by atoms with van der Waals surface area (Å²) < 4.78 is 2.51. The van der Waals surface area contributed by atoms with E-state index in [2.05, 4.69) is 76.0 Å². The van der Waals surface area contributed by atoms with Crippen molar-refractivity contribution in [2.24, 2.45) is 0 Å². The lowest BCUT2D eigenvalue weighted by molar-refractivity contribution is 0.591. The van der Waals surface area contributed by atoms with Crippen LogP contribution in [-0.2, 0) is 6.42 Å². The van der Waals surface area contributed by atoms with Gasteiger partial charge in [-0.2, -0.15) is 0 Å². The van der Waals surface area contributed by atoms with Crippen molar-refractivity contribution in [3.05, 3.63) is 69.0 Å². The maximum atomic E-state index is 3.59. The van der Waals surface area contributed by atoms with Crippen molar-refractivity contribution < 1.29 is 0 Å². The fraction of sp³-hybridized carbons (Fsp3) is 0.222. The second-order valence-electron chi connectivity index (χ2n) is 5.30. The van der Waals surface area contributed by atoms with Crippen molar-refractivity contribution in [1.82, 2.24) is 5.32 Å². The molecule has 0 bridgehead atoms. The highest BCUT2D eigenvalue weighted by atomic mass is 79.9. The number of halogens is 1. The number of hydrogen-bond acceptors (Lipinski definition) is 2. The Hall–Kier alpha value is -1.16. The van der Waals surface area contributed by atoms with Crippen LogP contribution in [0.3, 0.4) is 0 Å². The molecule has 0 saturated heterocycles. The Morgan fingerprint density at radius 2 is 2.00 bits per heavy atom. The highest BCUT2D eigenvalue weighted by Gasteiger charge is 2.15. The standard InChI is InChI=1S/C18H18BrNS/c1-12-7-8-14(19)10-16(12)17(20-2)9-13-11-21-18-6-4-3-5-15(13)18/h3-8,10-11,17,20H,9H2,1-2H3. The fourth-order valence-corrected chi connectivity index (χ4v) is 4.12. The molecule has 3 aromatic rings. The van der Waals surface area contributed by atoms with E-state index in [1.165, 1.54) is 26.8 Å². The molecule has 1 unspecified atom stereocenters. The molecule has 0 aliphatic heterocycles. The third-order valence-corrected chi connectivity index (χ3v) is 5.46. The lowest BCUT2D eigenvalue weighted by Gasteiger charge is -2.19. The summed E-state index contributed by atoms with van der Waals surface area (Å²) in [6.45, 7) is 2.18. The van der Waals surface area contributed by atoms with E-state index in [-0.39, 0.29) is 0 Å². The van der Waals surface area contributed by atoms with Crippen LogP contribution in [-0.4, -0.2) is 7.05 Å². The van der Waals surface area contributed by atoms with Crippen molar-refractivity contribution in [2.75, 3.05) is 7.05 Å². The van der Waals surface area contributed by atoms with Crippen molar-refractivity contribution in [3.63, 3.8) is 0 Å². The largest absolute Gasteiger partial charge is 0.313 e. The predicted molar refractivity (Wildman–Crippen MR) is 96.2 cm³/mol. The maximum absolute atomic E-state index is 3.59. The molecule has 0 radical (unpaired) electrons. The summed E-state index contributed by atoms with van der Waals surface area (Å²) in [4.78, 5) is 0. The summed E-state index contributed by atoms with van der Waals surface area (Å²) in [6, 6.07) is 15.5. The number of likely N-dealkylation sites (N-methyl/N-ethyl adjacent to an activating group) is 1. The van der Waals surface area contributed by atoms with E-state index < -0.39 is 0 Å². The number of benzene rings is 2. The number of hydrogen-bond donors (Lipinski definition) is 1. The molecular formula is C18H18BrNS. The minimum atomic E-state index is 0.334. The Bertz CT molecular complexity index is 763. The first kappa shape index (κ1) is 14.8. The second kappa shape index (κ2) is 6.30. The fourth-order valence-electron chi connectivity index (χ4n) is 2.77. The Labute approximate surface area is 138 Å². The molecule has 0 spiro atoms. The van der Waals surface area contributed by atoms with Gasteiger partial charge in [-0.3, -0.25) is 0 Å². The molecule has 0 aliphatic carbocycles. The summed E-state index contributed by atoms with van der Waals surface area (Å²) in [5.74, 6) is 0. The SMILES string of the molecule is CNC(Cc1csc2ccccc12)c1cc(Br)ccc1C. The zero-order valence-corrected chi connectivity index (χ0v) is 14.6. The average molecular weight is 360 g/mol. The Morgan fingerprint density at radius 3 is 2.81 bits per heavy atom. The van der Waals surface area contributed by atoms with Crippen LogP contribution in [0.2, 0.25) is 0 Å². The summed E-state index contributed by atoms with van der Waals surface area (Å²) in [6.07, 6.45) is 1.01. The van der Waals surface area contributed by atoms with Gasteiger partial charge in [-0.25, -0.2) is 0 Å². The second-order valence-corrected chi connectivity index (χ2v) is 7.13. The number of nitrogens with one attached hydrogen (secondary N) is 1. The molecule has 1 heterocycles. The first-order chi connectivity index (χ1) is 10.2. The molecule has 1 N–H and O–H groups in total. The van der Waals surface area contributed by atoms with Gasteiger partial charge in [-0.05, 0) is 66.0 Å². The molecule has 0 fully saturated rings. The molecule has 0 aliphatic rings. The molecule has 1 atom stereocenters. The quantitative estimate of drug-likeness (QED) is 0.650. The molecule has 2 aromatic carbocycles. The lowest BCUT2D eigenvalue weighted by Crippen LogP contribution is -2.19. The van der Waals surface area contributed by atoms with E-state index in [4.69, 9.17) is 0 Å². The minimum Gasteiger partial charge on any atom is -0.313 e. The molecule has 108 valence electrons. The van der Waals surface area contributed by atoms with Gasteiger partial charge < -0.3 is 5.32 Å². The van der Waals surface area contributed by atoms with Crippen molar-refractivity contribution >= 4 is 37.4 Å².